The number of hydrogen-bond donors (Lipinski definition) is 0. The number of para-hydroxylation sites is 2. The van der Waals surface area contributed by atoms with Crippen molar-refractivity contribution in [2.45, 2.75) is 38.5 Å². The van der Waals surface area contributed by atoms with Gasteiger partial charge in [-0.25, -0.2) is 0 Å². The third-order valence-corrected chi connectivity index (χ3v) is 12.5. The zero-order chi connectivity index (χ0) is 36.7. The minimum Gasteiger partial charge on any atom is -0.307 e. The van der Waals surface area contributed by atoms with E-state index in [0.717, 1.165) is 44.2 Å². The van der Waals surface area contributed by atoms with Crippen LogP contribution < -0.4 is 0 Å². The van der Waals surface area contributed by atoms with Crippen LogP contribution in [-0.4, -0.2) is 9.13 Å². The number of nitrogens with zero attached hydrogens (tertiary/aromatic N) is 4. The molecule has 2 aliphatic rings. The van der Waals surface area contributed by atoms with Gasteiger partial charge >= 0.3 is 0 Å². The predicted molar refractivity (Wildman–Crippen MR) is 220 cm³/mol. The fraction of sp³-hybridized carbons (Fsp3) is 0.120. The quantitative estimate of drug-likeness (QED) is 0.181. The monoisotopic (exact) mass is 690 g/mol. The standard InChI is InChI=1S/C50H34N4/c1-49(2)37-17-9-5-13-31(37)33-21-23-41-44(46(33)49)35-15-7-11-19-39(35)53(41)43-26-29(27-51)25-30(28-52)48(43)54-40-20-12-8-16-36(40)45-42(54)24-22-34-32-14-6-10-18-38(32)50(3,4)47(34)45/h5-26H,1-4H3. The molecule has 2 aliphatic carbocycles. The Hall–Kier alpha value is -6.88. The number of aromatic nitrogens is 2. The lowest BCUT2D eigenvalue weighted by Gasteiger charge is -2.23. The Morgan fingerprint density at radius 2 is 0.944 bits per heavy atom. The first-order valence-corrected chi connectivity index (χ1v) is 18.6. The predicted octanol–water partition coefficient (Wildman–Crippen LogP) is 12.2. The van der Waals surface area contributed by atoms with Gasteiger partial charge in [0.1, 0.15) is 6.07 Å². The smallest absolute Gasteiger partial charge is 0.101 e. The van der Waals surface area contributed by atoms with E-state index in [9.17, 15) is 10.5 Å². The van der Waals surface area contributed by atoms with Crippen molar-refractivity contribution in [1.29, 1.82) is 10.5 Å². The molecule has 0 radical (unpaired) electrons. The molecule has 0 bridgehead atoms. The summed E-state index contributed by atoms with van der Waals surface area (Å²) in [6.45, 7) is 9.31. The Kier molecular flexibility index (Phi) is 5.90. The molecule has 0 atom stereocenters. The fourth-order valence-electron chi connectivity index (χ4n) is 10.3. The van der Waals surface area contributed by atoms with Gasteiger partial charge in [-0.2, -0.15) is 10.5 Å². The van der Waals surface area contributed by atoms with Gasteiger partial charge in [0.15, 0.2) is 0 Å². The number of fused-ring (bicyclic) bond motifs is 14. The second-order valence-corrected chi connectivity index (χ2v) is 15.9. The molecule has 0 amide bonds. The summed E-state index contributed by atoms with van der Waals surface area (Å²) in [7, 11) is 0. The van der Waals surface area contributed by atoms with Crippen LogP contribution in [0.1, 0.15) is 61.1 Å². The zero-order valence-corrected chi connectivity index (χ0v) is 30.5. The molecule has 0 unspecified atom stereocenters. The number of benzene rings is 7. The van der Waals surface area contributed by atoms with Gasteiger partial charge < -0.3 is 9.13 Å². The van der Waals surface area contributed by atoms with E-state index in [2.05, 4.69) is 170 Å². The van der Waals surface area contributed by atoms with E-state index in [4.69, 9.17) is 0 Å². The normalized spacial score (nSPS) is 14.6. The highest BCUT2D eigenvalue weighted by atomic mass is 15.1. The SMILES string of the molecule is CC1(C)c2ccccc2-c2ccc3c(c21)c1ccccc1n3-c1cc(C#N)cc(C#N)c1-n1c2ccccc2c2c3c(ccc21)-c1ccccc1C3(C)C. The summed E-state index contributed by atoms with van der Waals surface area (Å²) in [5.41, 5.74) is 16.5. The van der Waals surface area contributed by atoms with Crippen LogP contribution in [0.2, 0.25) is 0 Å². The van der Waals surface area contributed by atoms with Gasteiger partial charge in [0.25, 0.3) is 0 Å². The van der Waals surface area contributed by atoms with E-state index in [-0.39, 0.29) is 10.8 Å². The Morgan fingerprint density at radius 3 is 1.48 bits per heavy atom. The first-order chi connectivity index (χ1) is 26.3. The van der Waals surface area contributed by atoms with Gasteiger partial charge in [-0.05, 0) is 80.9 Å². The molecular formula is C50H34N4. The molecule has 4 nitrogen and oxygen atoms in total. The molecule has 0 aliphatic heterocycles. The lowest BCUT2D eigenvalue weighted by molar-refractivity contribution is 0.666. The maximum atomic E-state index is 11.0. The molecule has 54 heavy (non-hydrogen) atoms. The van der Waals surface area contributed by atoms with Crippen molar-refractivity contribution in [1.82, 2.24) is 9.13 Å². The molecular weight excluding hydrogens is 657 g/mol. The van der Waals surface area contributed by atoms with E-state index in [0.29, 0.717) is 11.1 Å². The Labute approximate surface area is 313 Å². The fourth-order valence-corrected chi connectivity index (χ4v) is 10.3. The molecule has 0 saturated heterocycles. The van der Waals surface area contributed by atoms with Gasteiger partial charge in [0.05, 0.1) is 50.6 Å². The minimum atomic E-state index is -0.233. The molecule has 7 aromatic carbocycles. The summed E-state index contributed by atoms with van der Waals surface area (Å²) < 4.78 is 4.58. The number of nitriles is 2. The highest BCUT2D eigenvalue weighted by Crippen LogP contribution is 2.55. The van der Waals surface area contributed by atoms with Crippen molar-refractivity contribution < 1.29 is 0 Å². The zero-order valence-electron chi connectivity index (χ0n) is 30.5. The molecule has 11 rings (SSSR count). The van der Waals surface area contributed by atoms with E-state index in [1.807, 2.05) is 6.07 Å². The third kappa shape index (κ3) is 3.65. The summed E-state index contributed by atoms with van der Waals surface area (Å²) >= 11 is 0. The summed E-state index contributed by atoms with van der Waals surface area (Å²) in [5.74, 6) is 0. The Bertz CT molecular complexity index is 3240. The second kappa shape index (κ2) is 10.4. The molecule has 2 heterocycles. The van der Waals surface area contributed by atoms with E-state index < -0.39 is 0 Å². The maximum absolute atomic E-state index is 11.0. The summed E-state index contributed by atoms with van der Waals surface area (Å²) in [6, 6.07) is 52.3. The molecule has 4 heteroatoms. The molecule has 9 aromatic rings. The van der Waals surface area contributed by atoms with Gasteiger partial charge in [-0.15, -0.1) is 0 Å². The molecule has 0 fully saturated rings. The average Bonchev–Trinajstić information content (AvgIpc) is 3.86. The van der Waals surface area contributed by atoms with Gasteiger partial charge in [-0.3, -0.25) is 0 Å². The lowest BCUT2D eigenvalue weighted by atomic mass is 9.80. The third-order valence-electron chi connectivity index (χ3n) is 12.5. The largest absolute Gasteiger partial charge is 0.307 e. The summed E-state index contributed by atoms with van der Waals surface area (Å²) in [4.78, 5) is 0. The molecule has 0 saturated carbocycles. The number of hydrogen-bond acceptors (Lipinski definition) is 2. The highest BCUT2D eigenvalue weighted by molar-refractivity contribution is 6.17. The Balaban J connectivity index is 1.30. The topological polar surface area (TPSA) is 57.4 Å². The second-order valence-electron chi connectivity index (χ2n) is 15.9. The van der Waals surface area contributed by atoms with Crippen molar-refractivity contribution in [3.63, 3.8) is 0 Å². The Morgan fingerprint density at radius 1 is 0.463 bits per heavy atom. The van der Waals surface area contributed by atoms with Gasteiger partial charge in [0, 0.05) is 32.4 Å². The first kappa shape index (κ1) is 30.7. The lowest BCUT2D eigenvalue weighted by Crippen LogP contribution is -2.15. The van der Waals surface area contributed by atoms with Crippen LogP contribution in [0.15, 0.2) is 133 Å². The summed E-state index contributed by atoms with van der Waals surface area (Å²) in [6.07, 6.45) is 0. The van der Waals surface area contributed by atoms with Crippen LogP contribution in [0.4, 0.5) is 0 Å². The van der Waals surface area contributed by atoms with E-state index in [1.54, 1.807) is 6.07 Å². The van der Waals surface area contributed by atoms with Crippen LogP contribution >= 0.6 is 0 Å². The van der Waals surface area contributed by atoms with Crippen LogP contribution in [0, 0.1) is 22.7 Å². The summed E-state index contributed by atoms with van der Waals surface area (Å²) in [5, 5.41) is 26.1. The van der Waals surface area contributed by atoms with E-state index in [1.165, 1.54) is 55.3 Å². The van der Waals surface area contributed by atoms with E-state index >= 15 is 0 Å². The van der Waals surface area contributed by atoms with Crippen LogP contribution in [-0.2, 0) is 10.8 Å². The average molecular weight is 691 g/mol. The van der Waals surface area contributed by atoms with Crippen LogP contribution in [0.5, 0.6) is 0 Å². The van der Waals surface area contributed by atoms with Crippen molar-refractivity contribution in [2.75, 3.05) is 0 Å². The molecule has 0 spiro atoms. The number of rotatable bonds is 2. The molecule has 0 N–H and O–H groups in total. The molecule has 2 aromatic heterocycles. The van der Waals surface area contributed by atoms with Crippen LogP contribution in [0.25, 0.3) is 77.2 Å². The van der Waals surface area contributed by atoms with Crippen molar-refractivity contribution in [2.24, 2.45) is 0 Å². The van der Waals surface area contributed by atoms with Crippen molar-refractivity contribution >= 4 is 43.6 Å². The maximum Gasteiger partial charge on any atom is 0.101 e. The van der Waals surface area contributed by atoms with Crippen molar-refractivity contribution in [3.05, 3.63) is 167 Å². The molecule has 254 valence electrons. The van der Waals surface area contributed by atoms with Crippen LogP contribution in [0.3, 0.4) is 0 Å². The van der Waals surface area contributed by atoms with Gasteiger partial charge in [-0.1, -0.05) is 125 Å². The van der Waals surface area contributed by atoms with Crippen molar-refractivity contribution in [3.8, 4) is 45.8 Å². The first-order valence-electron chi connectivity index (χ1n) is 18.6. The minimum absolute atomic E-state index is 0.229. The highest BCUT2D eigenvalue weighted by Gasteiger charge is 2.40. The van der Waals surface area contributed by atoms with Gasteiger partial charge in [0.2, 0.25) is 0 Å².